The van der Waals surface area contributed by atoms with Crippen molar-refractivity contribution >= 4 is 15.9 Å². The normalized spacial score (nSPS) is 13.8. The van der Waals surface area contributed by atoms with Crippen LogP contribution >= 0.6 is 15.9 Å². The second-order valence-electron chi connectivity index (χ2n) is 4.67. The number of aliphatic hydroxyl groups excluding tert-OH is 1. The van der Waals surface area contributed by atoms with Crippen molar-refractivity contribution in [1.29, 1.82) is 0 Å². The standard InChI is InChI=1S/C16H18BrNO2/c1-20-15-8-7-12(17)10-13(15)16(18)14(19)9-11-5-3-2-4-6-11/h2-8,10,14,16,19H,9,18H2,1H3/t14-,16+/m0/s1. The van der Waals surface area contributed by atoms with Crippen molar-refractivity contribution in [2.75, 3.05) is 7.11 Å². The highest BCUT2D eigenvalue weighted by Crippen LogP contribution is 2.29. The molecule has 0 saturated carbocycles. The van der Waals surface area contributed by atoms with Gasteiger partial charge in [-0.2, -0.15) is 0 Å². The maximum absolute atomic E-state index is 10.3. The minimum Gasteiger partial charge on any atom is -0.496 e. The van der Waals surface area contributed by atoms with Crippen molar-refractivity contribution in [3.8, 4) is 5.75 Å². The second kappa shape index (κ2) is 6.88. The zero-order valence-electron chi connectivity index (χ0n) is 11.3. The van der Waals surface area contributed by atoms with Gasteiger partial charge < -0.3 is 15.6 Å². The van der Waals surface area contributed by atoms with Gasteiger partial charge in [-0.25, -0.2) is 0 Å². The molecule has 2 atom stereocenters. The van der Waals surface area contributed by atoms with E-state index < -0.39 is 12.1 Å². The van der Waals surface area contributed by atoms with E-state index in [2.05, 4.69) is 15.9 Å². The zero-order valence-corrected chi connectivity index (χ0v) is 12.9. The molecule has 0 aliphatic rings. The van der Waals surface area contributed by atoms with Crippen LogP contribution in [0.3, 0.4) is 0 Å². The Kier molecular flexibility index (Phi) is 5.17. The molecule has 0 aliphatic heterocycles. The van der Waals surface area contributed by atoms with E-state index in [0.717, 1.165) is 15.6 Å². The van der Waals surface area contributed by atoms with Gasteiger partial charge in [0.05, 0.1) is 19.3 Å². The fourth-order valence-corrected chi connectivity index (χ4v) is 2.53. The first-order valence-corrected chi connectivity index (χ1v) is 7.22. The van der Waals surface area contributed by atoms with Crippen LogP contribution in [0.2, 0.25) is 0 Å². The molecule has 0 radical (unpaired) electrons. The van der Waals surface area contributed by atoms with E-state index in [1.165, 1.54) is 0 Å². The van der Waals surface area contributed by atoms with Crippen LogP contribution in [0, 0.1) is 0 Å². The molecule has 0 spiro atoms. The highest BCUT2D eigenvalue weighted by atomic mass is 79.9. The van der Waals surface area contributed by atoms with Gasteiger partial charge in [0.1, 0.15) is 5.75 Å². The lowest BCUT2D eigenvalue weighted by molar-refractivity contribution is 0.143. The Balaban J connectivity index is 2.18. The summed E-state index contributed by atoms with van der Waals surface area (Å²) in [6.45, 7) is 0. The smallest absolute Gasteiger partial charge is 0.123 e. The molecule has 2 rings (SSSR count). The third-order valence-electron chi connectivity index (χ3n) is 3.25. The van der Waals surface area contributed by atoms with Crippen LogP contribution in [0.15, 0.2) is 53.0 Å². The number of hydrogen-bond donors (Lipinski definition) is 2. The van der Waals surface area contributed by atoms with Gasteiger partial charge in [-0.1, -0.05) is 46.3 Å². The van der Waals surface area contributed by atoms with Gasteiger partial charge in [0.15, 0.2) is 0 Å². The van der Waals surface area contributed by atoms with Crippen molar-refractivity contribution in [3.05, 3.63) is 64.1 Å². The summed E-state index contributed by atoms with van der Waals surface area (Å²) < 4.78 is 6.22. The zero-order chi connectivity index (χ0) is 14.5. The highest BCUT2D eigenvalue weighted by Gasteiger charge is 2.21. The average molecular weight is 336 g/mol. The lowest BCUT2D eigenvalue weighted by Gasteiger charge is -2.21. The third kappa shape index (κ3) is 3.60. The Labute approximate surface area is 127 Å². The summed E-state index contributed by atoms with van der Waals surface area (Å²) in [6.07, 6.45) is -0.155. The van der Waals surface area contributed by atoms with Gasteiger partial charge >= 0.3 is 0 Å². The van der Waals surface area contributed by atoms with E-state index in [0.29, 0.717) is 12.2 Å². The summed E-state index contributed by atoms with van der Waals surface area (Å²) >= 11 is 3.42. The molecule has 3 nitrogen and oxygen atoms in total. The first kappa shape index (κ1) is 15.0. The van der Waals surface area contributed by atoms with Gasteiger partial charge in [-0.05, 0) is 23.8 Å². The molecule has 2 aromatic rings. The second-order valence-corrected chi connectivity index (χ2v) is 5.58. The Morgan fingerprint density at radius 2 is 1.90 bits per heavy atom. The van der Waals surface area contributed by atoms with Gasteiger partial charge in [0.2, 0.25) is 0 Å². The average Bonchev–Trinajstić information content (AvgIpc) is 2.47. The first-order valence-electron chi connectivity index (χ1n) is 6.43. The molecule has 0 heterocycles. The molecule has 106 valence electrons. The summed E-state index contributed by atoms with van der Waals surface area (Å²) in [6, 6.07) is 14.9. The predicted molar refractivity (Wildman–Crippen MR) is 83.8 cm³/mol. The molecule has 4 heteroatoms. The van der Waals surface area contributed by atoms with E-state index in [4.69, 9.17) is 10.5 Å². The van der Waals surface area contributed by atoms with Gasteiger partial charge in [-0.3, -0.25) is 0 Å². The molecule has 0 fully saturated rings. The van der Waals surface area contributed by atoms with Crippen molar-refractivity contribution in [2.45, 2.75) is 18.6 Å². The number of halogens is 1. The van der Waals surface area contributed by atoms with E-state index in [1.54, 1.807) is 7.11 Å². The summed E-state index contributed by atoms with van der Waals surface area (Å²) in [5.74, 6) is 0.688. The van der Waals surface area contributed by atoms with Crippen LogP contribution in [0.4, 0.5) is 0 Å². The summed E-state index contributed by atoms with van der Waals surface area (Å²) in [4.78, 5) is 0. The van der Waals surface area contributed by atoms with E-state index >= 15 is 0 Å². The SMILES string of the molecule is COc1ccc(Br)cc1[C@@H](N)[C@@H](O)Cc1ccccc1. The van der Waals surface area contributed by atoms with Crippen LogP contribution in [0.1, 0.15) is 17.2 Å². The first-order chi connectivity index (χ1) is 9.61. The van der Waals surface area contributed by atoms with Gasteiger partial charge in [-0.15, -0.1) is 0 Å². The predicted octanol–water partition coefficient (Wildman–Crippen LogP) is 3.06. The number of benzene rings is 2. The molecule has 0 aromatic heterocycles. The fourth-order valence-electron chi connectivity index (χ4n) is 2.16. The Bertz CT molecular complexity index is 560. The van der Waals surface area contributed by atoms with Crippen LogP contribution in [0.5, 0.6) is 5.75 Å². The van der Waals surface area contributed by atoms with Crippen LogP contribution in [0.25, 0.3) is 0 Å². The molecule has 0 bridgehead atoms. The van der Waals surface area contributed by atoms with Crippen LogP contribution in [-0.2, 0) is 6.42 Å². The molecule has 0 aliphatic carbocycles. The number of hydrogen-bond acceptors (Lipinski definition) is 3. The topological polar surface area (TPSA) is 55.5 Å². The van der Waals surface area contributed by atoms with Crippen molar-refractivity contribution in [2.24, 2.45) is 5.73 Å². The number of ether oxygens (including phenoxy) is 1. The Hall–Kier alpha value is -1.36. The van der Waals surface area contributed by atoms with Gasteiger partial charge in [0, 0.05) is 16.5 Å². The van der Waals surface area contributed by atoms with Crippen molar-refractivity contribution in [1.82, 2.24) is 0 Å². The summed E-state index contributed by atoms with van der Waals surface area (Å²) in [5.41, 5.74) is 8.04. The third-order valence-corrected chi connectivity index (χ3v) is 3.75. The quantitative estimate of drug-likeness (QED) is 0.882. The lowest BCUT2D eigenvalue weighted by atomic mass is 9.96. The van der Waals surface area contributed by atoms with E-state index in [9.17, 15) is 5.11 Å². The van der Waals surface area contributed by atoms with E-state index in [-0.39, 0.29) is 0 Å². The number of methoxy groups -OCH3 is 1. The largest absolute Gasteiger partial charge is 0.496 e. The van der Waals surface area contributed by atoms with Gasteiger partial charge in [0.25, 0.3) is 0 Å². The molecule has 2 aromatic carbocycles. The highest BCUT2D eigenvalue weighted by molar-refractivity contribution is 9.10. The summed E-state index contributed by atoms with van der Waals surface area (Å²) in [7, 11) is 1.60. The van der Waals surface area contributed by atoms with E-state index in [1.807, 2.05) is 48.5 Å². The minimum absolute atomic E-state index is 0.498. The van der Waals surface area contributed by atoms with Crippen LogP contribution < -0.4 is 10.5 Å². The molecule has 0 amide bonds. The molecular weight excluding hydrogens is 318 g/mol. The number of nitrogens with two attached hydrogens (primary N) is 1. The summed E-state index contributed by atoms with van der Waals surface area (Å²) in [5, 5.41) is 10.3. The lowest BCUT2D eigenvalue weighted by Crippen LogP contribution is -2.28. The van der Waals surface area contributed by atoms with Crippen molar-refractivity contribution in [3.63, 3.8) is 0 Å². The minimum atomic E-state index is -0.666. The fraction of sp³-hybridized carbons (Fsp3) is 0.250. The number of rotatable bonds is 5. The molecule has 20 heavy (non-hydrogen) atoms. The Morgan fingerprint density at radius 1 is 1.20 bits per heavy atom. The maximum Gasteiger partial charge on any atom is 0.123 e. The molecule has 0 unspecified atom stereocenters. The number of aliphatic hydroxyl groups is 1. The monoisotopic (exact) mass is 335 g/mol. The maximum atomic E-state index is 10.3. The molecule has 3 N–H and O–H groups in total. The van der Waals surface area contributed by atoms with Crippen molar-refractivity contribution < 1.29 is 9.84 Å². The molecule has 0 saturated heterocycles. The Morgan fingerprint density at radius 3 is 2.55 bits per heavy atom. The molecular formula is C16H18BrNO2. The van der Waals surface area contributed by atoms with Crippen LogP contribution in [-0.4, -0.2) is 18.3 Å².